The first-order valence-electron chi connectivity index (χ1n) is 6.64. The van der Waals surface area contributed by atoms with Gasteiger partial charge in [-0.05, 0) is 43.9 Å². The van der Waals surface area contributed by atoms with Gasteiger partial charge in [0.25, 0.3) is 0 Å². The van der Waals surface area contributed by atoms with Gasteiger partial charge in [0.15, 0.2) is 0 Å². The van der Waals surface area contributed by atoms with E-state index >= 15 is 0 Å². The first kappa shape index (κ1) is 22.9. The molecule has 8 heteroatoms. The average molecular weight is 399 g/mol. The highest BCUT2D eigenvalue weighted by Gasteiger charge is 2.30. The molecule has 0 aliphatic carbocycles. The summed E-state index contributed by atoms with van der Waals surface area (Å²) in [5.41, 5.74) is 6.31. The van der Waals surface area contributed by atoms with Crippen LogP contribution in [0.4, 0.5) is 18.9 Å². The number of alkyl halides is 3. The van der Waals surface area contributed by atoms with Crippen molar-refractivity contribution in [1.82, 2.24) is 4.90 Å². The number of halogens is 5. The van der Waals surface area contributed by atoms with E-state index in [0.717, 1.165) is 29.1 Å². The maximum atomic E-state index is 12.7. The smallest absolute Gasteiger partial charge is 0.398 e. The first-order valence-corrected chi connectivity index (χ1v) is 7.46. The number of nitrogens with zero attached hydrogens (tertiary/aromatic N) is 1. The van der Waals surface area contributed by atoms with Gasteiger partial charge in [-0.1, -0.05) is 30.0 Å². The van der Waals surface area contributed by atoms with Crippen molar-refractivity contribution in [3.63, 3.8) is 0 Å². The molecule has 0 aliphatic heterocycles. The molecule has 0 atom stereocenters. The van der Waals surface area contributed by atoms with E-state index in [0.29, 0.717) is 4.90 Å². The molecule has 2 rings (SSSR count). The summed E-state index contributed by atoms with van der Waals surface area (Å²) in [7, 11) is 3.93. The second-order valence-electron chi connectivity index (χ2n) is 5.20. The van der Waals surface area contributed by atoms with Crippen molar-refractivity contribution in [2.24, 2.45) is 0 Å². The molecule has 0 saturated carbocycles. The Balaban J connectivity index is 0.00000264. The Kier molecular flexibility index (Phi) is 8.99. The lowest BCUT2D eigenvalue weighted by Crippen LogP contribution is -2.11. The molecular formula is C16H19Cl2F3N2S. The van der Waals surface area contributed by atoms with Gasteiger partial charge >= 0.3 is 6.18 Å². The number of hydrogen-bond acceptors (Lipinski definition) is 3. The predicted molar refractivity (Wildman–Crippen MR) is 98.3 cm³/mol. The Labute approximate surface area is 156 Å². The van der Waals surface area contributed by atoms with Crippen molar-refractivity contribution in [2.45, 2.75) is 22.5 Å². The van der Waals surface area contributed by atoms with Crippen LogP contribution in [0.15, 0.2) is 52.3 Å². The molecule has 134 valence electrons. The van der Waals surface area contributed by atoms with Crippen LogP contribution in [0, 0.1) is 0 Å². The zero-order valence-electron chi connectivity index (χ0n) is 13.1. The van der Waals surface area contributed by atoms with E-state index in [9.17, 15) is 13.2 Å². The zero-order chi connectivity index (χ0) is 16.3. The highest BCUT2D eigenvalue weighted by molar-refractivity contribution is 7.99. The number of nitrogen functional groups attached to an aromatic ring is 1. The summed E-state index contributed by atoms with van der Waals surface area (Å²) in [5, 5.41) is 0. The van der Waals surface area contributed by atoms with Crippen LogP contribution < -0.4 is 5.73 Å². The summed E-state index contributed by atoms with van der Waals surface area (Å²) in [6.07, 6.45) is -4.37. The van der Waals surface area contributed by atoms with E-state index in [1.165, 1.54) is 17.8 Å². The summed E-state index contributed by atoms with van der Waals surface area (Å²) in [4.78, 5) is 3.65. The van der Waals surface area contributed by atoms with Crippen LogP contribution in [0.25, 0.3) is 0 Å². The lowest BCUT2D eigenvalue weighted by molar-refractivity contribution is -0.137. The zero-order valence-corrected chi connectivity index (χ0v) is 15.6. The third-order valence-electron chi connectivity index (χ3n) is 3.02. The Morgan fingerprint density at radius 3 is 2.17 bits per heavy atom. The second kappa shape index (κ2) is 9.42. The lowest BCUT2D eigenvalue weighted by atomic mass is 10.2. The fourth-order valence-corrected chi connectivity index (χ4v) is 2.97. The highest BCUT2D eigenvalue weighted by atomic mass is 35.5. The molecule has 0 unspecified atom stereocenters. The van der Waals surface area contributed by atoms with Crippen LogP contribution in [0.3, 0.4) is 0 Å². The lowest BCUT2D eigenvalue weighted by Gasteiger charge is -2.15. The highest BCUT2D eigenvalue weighted by Crippen LogP contribution is 2.38. The minimum absolute atomic E-state index is 0. The molecule has 2 aromatic carbocycles. The number of benzene rings is 2. The molecule has 24 heavy (non-hydrogen) atoms. The van der Waals surface area contributed by atoms with E-state index in [4.69, 9.17) is 5.73 Å². The van der Waals surface area contributed by atoms with Crippen LogP contribution in [0.2, 0.25) is 0 Å². The quantitative estimate of drug-likeness (QED) is 0.704. The van der Waals surface area contributed by atoms with Crippen LogP contribution in [0.5, 0.6) is 0 Å². The van der Waals surface area contributed by atoms with Gasteiger partial charge in [0.1, 0.15) is 0 Å². The Morgan fingerprint density at radius 2 is 1.62 bits per heavy atom. The van der Waals surface area contributed by atoms with Gasteiger partial charge in [-0.15, -0.1) is 24.8 Å². The average Bonchev–Trinajstić information content (AvgIpc) is 2.41. The molecule has 0 aliphatic rings. The fourth-order valence-electron chi connectivity index (χ4n) is 2.01. The fraction of sp³-hybridized carbons (Fsp3) is 0.250. The predicted octanol–water partition coefficient (Wildman–Crippen LogP) is 5.34. The molecule has 0 fully saturated rings. The van der Waals surface area contributed by atoms with Crippen molar-refractivity contribution < 1.29 is 13.2 Å². The number of anilines is 1. The van der Waals surface area contributed by atoms with Crippen LogP contribution in [0.1, 0.15) is 11.1 Å². The molecule has 2 nitrogen and oxygen atoms in total. The maximum Gasteiger partial charge on any atom is 0.416 e. The third-order valence-corrected chi connectivity index (χ3v) is 4.23. The van der Waals surface area contributed by atoms with Crippen molar-refractivity contribution in [1.29, 1.82) is 0 Å². The molecule has 0 aromatic heterocycles. The van der Waals surface area contributed by atoms with E-state index in [-0.39, 0.29) is 30.5 Å². The number of rotatable bonds is 4. The molecule has 0 spiro atoms. The molecular weight excluding hydrogens is 380 g/mol. The van der Waals surface area contributed by atoms with E-state index in [1.54, 1.807) is 0 Å². The molecule has 0 heterocycles. The van der Waals surface area contributed by atoms with Gasteiger partial charge in [0, 0.05) is 22.0 Å². The monoisotopic (exact) mass is 398 g/mol. The van der Waals surface area contributed by atoms with Gasteiger partial charge in [-0.25, -0.2) is 0 Å². The van der Waals surface area contributed by atoms with Gasteiger partial charge in [-0.2, -0.15) is 13.2 Å². The molecule has 0 radical (unpaired) electrons. The Bertz CT molecular complexity index is 664. The SMILES string of the molecule is CN(C)Cc1ccccc1Sc1ccc(C(F)(F)F)cc1N.Cl.Cl. The normalized spacial score (nSPS) is 10.9. The molecule has 2 aromatic rings. The summed E-state index contributed by atoms with van der Waals surface area (Å²) >= 11 is 1.38. The second-order valence-corrected chi connectivity index (χ2v) is 6.28. The van der Waals surface area contributed by atoms with Crippen LogP contribution >= 0.6 is 36.6 Å². The summed E-state index contributed by atoms with van der Waals surface area (Å²) in [5.74, 6) is 0. The molecule has 0 saturated heterocycles. The van der Waals surface area contributed by atoms with E-state index < -0.39 is 11.7 Å². The Morgan fingerprint density at radius 1 is 1.00 bits per heavy atom. The van der Waals surface area contributed by atoms with Crippen molar-refractivity contribution in [3.05, 3.63) is 53.6 Å². The summed E-state index contributed by atoms with van der Waals surface area (Å²) in [6.45, 7) is 0.754. The van der Waals surface area contributed by atoms with Gasteiger partial charge in [-0.3, -0.25) is 0 Å². The molecule has 0 bridgehead atoms. The third kappa shape index (κ3) is 6.09. The van der Waals surface area contributed by atoms with E-state index in [2.05, 4.69) is 0 Å². The largest absolute Gasteiger partial charge is 0.416 e. The van der Waals surface area contributed by atoms with Crippen LogP contribution in [-0.2, 0) is 12.7 Å². The molecule has 2 N–H and O–H groups in total. The van der Waals surface area contributed by atoms with Crippen molar-refractivity contribution >= 4 is 42.3 Å². The van der Waals surface area contributed by atoms with Gasteiger partial charge < -0.3 is 10.6 Å². The maximum absolute atomic E-state index is 12.7. The van der Waals surface area contributed by atoms with Crippen molar-refractivity contribution in [2.75, 3.05) is 19.8 Å². The van der Waals surface area contributed by atoms with E-state index in [1.807, 2.05) is 43.3 Å². The minimum atomic E-state index is -4.37. The number of hydrogen-bond donors (Lipinski definition) is 1. The summed E-state index contributed by atoms with van der Waals surface area (Å²) < 4.78 is 38.0. The first-order chi connectivity index (χ1) is 10.3. The standard InChI is InChI=1S/C16H17F3N2S.2ClH/c1-21(2)10-11-5-3-4-6-14(11)22-15-8-7-12(9-13(15)20)16(17,18)19;;/h3-9H,10,20H2,1-2H3;2*1H. The van der Waals surface area contributed by atoms with Crippen molar-refractivity contribution in [3.8, 4) is 0 Å². The Hall–Kier alpha value is -1.08. The van der Waals surface area contributed by atoms with Crippen LogP contribution in [-0.4, -0.2) is 19.0 Å². The van der Waals surface area contributed by atoms with Gasteiger partial charge in [0.2, 0.25) is 0 Å². The molecule has 0 amide bonds. The minimum Gasteiger partial charge on any atom is -0.398 e. The van der Waals surface area contributed by atoms with Gasteiger partial charge in [0.05, 0.1) is 5.56 Å². The topological polar surface area (TPSA) is 29.3 Å². The number of nitrogens with two attached hydrogens (primary N) is 1. The summed E-state index contributed by atoms with van der Waals surface area (Å²) in [6, 6.07) is 11.3.